The van der Waals surface area contributed by atoms with Gasteiger partial charge in [0.25, 0.3) is 11.6 Å². The second-order valence-corrected chi connectivity index (χ2v) is 5.94. The lowest BCUT2D eigenvalue weighted by atomic mass is 10.1. The highest BCUT2D eigenvalue weighted by Crippen LogP contribution is 2.21. The van der Waals surface area contributed by atoms with Gasteiger partial charge in [-0.3, -0.25) is 19.7 Å². The van der Waals surface area contributed by atoms with E-state index in [0.717, 1.165) is 5.56 Å². The maximum Gasteiger partial charge on any atom is 0.272 e. The van der Waals surface area contributed by atoms with Gasteiger partial charge in [0.05, 0.1) is 4.92 Å². The first-order valence-corrected chi connectivity index (χ1v) is 7.95. The van der Waals surface area contributed by atoms with Gasteiger partial charge in [-0.25, -0.2) is 0 Å². The van der Waals surface area contributed by atoms with Gasteiger partial charge in [-0.15, -0.1) is 0 Å². The van der Waals surface area contributed by atoms with Crippen LogP contribution in [0.4, 0.5) is 11.4 Å². The summed E-state index contributed by atoms with van der Waals surface area (Å²) in [5.41, 5.74) is 1.53. The molecule has 2 aromatic carbocycles. The molecule has 2 aromatic rings. The summed E-state index contributed by atoms with van der Waals surface area (Å²) in [7, 11) is 0. The van der Waals surface area contributed by atoms with Crippen LogP contribution in [0.1, 0.15) is 18.1 Å². The van der Waals surface area contributed by atoms with Gasteiger partial charge in [0.2, 0.25) is 5.91 Å². The van der Waals surface area contributed by atoms with E-state index < -0.39 is 16.7 Å². The molecule has 0 aromatic heterocycles. The van der Waals surface area contributed by atoms with Crippen molar-refractivity contribution in [2.75, 3.05) is 5.32 Å². The summed E-state index contributed by atoms with van der Waals surface area (Å²) >= 11 is 5.94. The molecular weight excluding hydrogens is 358 g/mol. The smallest absolute Gasteiger partial charge is 0.272 e. The molecule has 2 rings (SSSR count). The van der Waals surface area contributed by atoms with E-state index in [0.29, 0.717) is 16.3 Å². The van der Waals surface area contributed by atoms with Crippen LogP contribution in [0.5, 0.6) is 0 Å². The molecule has 2 N–H and O–H groups in total. The van der Waals surface area contributed by atoms with Crippen LogP contribution in [0.2, 0.25) is 5.02 Å². The van der Waals surface area contributed by atoms with E-state index in [-0.39, 0.29) is 11.4 Å². The molecule has 2 amide bonds. The van der Waals surface area contributed by atoms with Crippen molar-refractivity contribution in [2.24, 2.45) is 0 Å². The molecular formula is C18H16ClN3O4. The lowest BCUT2D eigenvalue weighted by Crippen LogP contribution is -2.29. The highest BCUT2D eigenvalue weighted by Gasteiger charge is 2.14. The Kier molecular flexibility index (Phi) is 6.08. The molecule has 0 saturated carbocycles. The van der Waals surface area contributed by atoms with Crippen LogP contribution in [0, 0.1) is 17.0 Å². The Balaban J connectivity index is 2.35. The number of rotatable bonds is 5. The quantitative estimate of drug-likeness (QED) is 0.474. The number of nitrogens with one attached hydrogen (secondary N) is 2. The second kappa shape index (κ2) is 8.26. The average molecular weight is 374 g/mol. The molecule has 26 heavy (non-hydrogen) atoms. The van der Waals surface area contributed by atoms with E-state index >= 15 is 0 Å². The number of nitro benzene ring substituents is 1. The number of nitrogens with zero attached hydrogens (tertiary/aromatic N) is 1. The van der Waals surface area contributed by atoms with E-state index in [2.05, 4.69) is 10.6 Å². The lowest BCUT2D eigenvalue weighted by Gasteiger charge is -2.12. The van der Waals surface area contributed by atoms with Gasteiger partial charge in [-0.2, -0.15) is 0 Å². The Morgan fingerprint density at radius 2 is 1.92 bits per heavy atom. The maximum atomic E-state index is 12.6. The average Bonchev–Trinajstić information content (AvgIpc) is 2.57. The highest BCUT2D eigenvalue weighted by molar-refractivity contribution is 6.31. The molecule has 0 bridgehead atoms. The fourth-order valence-corrected chi connectivity index (χ4v) is 2.33. The number of aryl methyl sites for hydroxylation is 1. The number of halogens is 1. The number of carbonyl (C=O) groups excluding carboxylic acids is 2. The van der Waals surface area contributed by atoms with E-state index in [9.17, 15) is 19.7 Å². The van der Waals surface area contributed by atoms with E-state index in [4.69, 9.17) is 11.6 Å². The number of amides is 2. The normalized spacial score (nSPS) is 11.0. The third-order valence-corrected chi connectivity index (χ3v) is 3.63. The molecule has 0 aliphatic carbocycles. The van der Waals surface area contributed by atoms with Crippen molar-refractivity contribution >= 4 is 40.9 Å². The van der Waals surface area contributed by atoms with E-state index in [1.165, 1.54) is 31.2 Å². The van der Waals surface area contributed by atoms with Crippen LogP contribution >= 0.6 is 11.6 Å². The summed E-state index contributed by atoms with van der Waals surface area (Å²) in [5.74, 6) is -1.02. The van der Waals surface area contributed by atoms with Crippen molar-refractivity contribution in [3.63, 3.8) is 0 Å². The minimum Gasteiger partial charge on any atom is -0.322 e. The molecule has 0 aliphatic rings. The second-order valence-electron chi connectivity index (χ2n) is 5.50. The minimum absolute atomic E-state index is 0.0441. The zero-order valence-corrected chi connectivity index (χ0v) is 14.8. The zero-order valence-electron chi connectivity index (χ0n) is 14.1. The van der Waals surface area contributed by atoms with Gasteiger partial charge >= 0.3 is 0 Å². The molecule has 134 valence electrons. The standard InChI is InChI=1S/C18H16ClN3O4/c1-11-6-7-14(19)10-16(11)21-18(24)17(20-12(2)23)9-13-4-3-5-15(8-13)22(25)26/h3-10H,1-2H3,(H,20,23)(H,21,24)/b17-9-. The van der Waals surface area contributed by atoms with Crippen molar-refractivity contribution in [2.45, 2.75) is 13.8 Å². The minimum atomic E-state index is -0.572. The predicted molar refractivity (Wildman–Crippen MR) is 99.7 cm³/mol. The number of benzene rings is 2. The van der Waals surface area contributed by atoms with Gasteiger partial charge in [0.1, 0.15) is 5.70 Å². The van der Waals surface area contributed by atoms with E-state index in [1.54, 1.807) is 31.2 Å². The third kappa shape index (κ3) is 5.15. The molecule has 0 unspecified atom stereocenters. The van der Waals surface area contributed by atoms with Crippen molar-refractivity contribution in [1.82, 2.24) is 5.32 Å². The summed E-state index contributed by atoms with van der Waals surface area (Å²) in [5, 5.41) is 16.5. The van der Waals surface area contributed by atoms with Crippen LogP contribution < -0.4 is 10.6 Å². The zero-order chi connectivity index (χ0) is 19.3. The van der Waals surface area contributed by atoms with Gasteiger partial charge in [0, 0.05) is 29.8 Å². The van der Waals surface area contributed by atoms with Crippen molar-refractivity contribution < 1.29 is 14.5 Å². The van der Waals surface area contributed by atoms with Crippen LogP contribution in [0.25, 0.3) is 6.08 Å². The molecule has 0 fully saturated rings. The molecule has 0 radical (unpaired) electrons. The lowest BCUT2D eigenvalue weighted by molar-refractivity contribution is -0.384. The molecule has 8 heteroatoms. The molecule has 0 heterocycles. The van der Waals surface area contributed by atoms with Crippen molar-refractivity contribution in [3.05, 3.63) is 74.4 Å². The number of anilines is 1. The van der Waals surface area contributed by atoms with Crippen LogP contribution in [0.3, 0.4) is 0 Å². The fraction of sp³-hybridized carbons (Fsp3) is 0.111. The Morgan fingerprint density at radius 1 is 1.19 bits per heavy atom. The van der Waals surface area contributed by atoms with Crippen LogP contribution in [-0.2, 0) is 9.59 Å². The van der Waals surface area contributed by atoms with Crippen molar-refractivity contribution in [3.8, 4) is 0 Å². The molecule has 0 spiro atoms. The number of hydrogen-bond acceptors (Lipinski definition) is 4. The first-order chi connectivity index (χ1) is 12.3. The summed E-state index contributed by atoms with van der Waals surface area (Å²) in [4.78, 5) is 34.3. The van der Waals surface area contributed by atoms with Gasteiger partial charge in [-0.05, 0) is 36.3 Å². The van der Waals surface area contributed by atoms with Gasteiger partial charge in [-0.1, -0.05) is 29.8 Å². The first kappa shape index (κ1) is 19.1. The Labute approximate surface area is 154 Å². The summed E-state index contributed by atoms with van der Waals surface area (Å²) in [6.45, 7) is 3.06. The monoisotopic (exact) mass is 373 g/mol. The number of non-ortho nitro benzene ring substituents is 1. The fourth-order valence-electron chi connectivity index (χ4n) is 2.16. The van der Waals surface area contributed by atoms with Crippen molar-refractivity contribution in [1.29, 1.82) is 0 Å². The van der Waals surface area contributed by atoms with Crippen LogP contribution in [0.15, 0.2) is 48.2 Å². The third-order valence-electron chi connectivity index (χ3n) is 3.40. The maximum absolute atomic E-state index is 12.6. The number of nitro groups is 1. The molecule has 7 nitrogen and oxygen atoms in total. The summed E-state index contributed by atoms with van der Waals surface area (Å²) in [6, 6.07) is 10.8. The van der Waals surface area contributed by atoms with Crippen LogP contribution in [-0.4, -0.2) is 16.7 Å². The SMILES string of the molecule is CC(=O)N/C(=C\c1cccc([N+](=O)[O-])c1)C(=O)Nc1cc(Cl)ccc1C. The summed E-state index contributed by atoms with van der Waals surface area (Å²) in [6.07, 6.45) is 1.36. The highest BCUT2D eigenvalue weighted by atomic mass is 35.5. The summed E-state index contributed by atoms with van der Waals surface area (Å²) < 4.78 is 0. The molecule has 0 atom stereocenters. The Hall–Kier alpha value is -3.19. The molecule has 0 aliphatic heterocycles. The number of hydrogen-bond donors (Lipinski definition) is 2. The molecule has 0 saturated heterocycles. The van der Waals surface area contributed by atoms with Gasteiger partial charge < -0.3 is 10.6 Å². The largest absolute Gasteiger partial charge is 0.322 e. The first-order valence-electron chi connectivity index (χ1n) is 7.57. The number of carbonyl (C=O) groups is 2. The Morgan fingerprint density at radius 3 is 2.58 bits per heavy atom. The van der Waals surface area contributed by atoms with Gasteiger partial charge in [0.15, 0.2) is 0 Å². The Bertz CT molecular complexity index is 909. The predicted octanol–water partition coefficient (Wildman–Crippen LogP) is 3.67. The van der Waals surface area contributed by atoms with E-state index in [1.807, 2.05) is 0 Å². The topological polar surface area (TPSA) is 101 Å².